The summed E-state index contributed by atoms with van der Waals surface area (Å²) in [7, 11) is 0. The third-order valence-corrected chi connectivity index (χ3v) is 3.61. The molecular formula is C20H16N6O2. The van der Waals surface area contributed by atoms with Gasteiger partial charge in [0.1, 0.15) is 11.5 Å². The fourth-order valence-electron chi connectivity index (χ4n) is 2.36. The Kier molecular flexibility index (Phi) is 5.58. The van der Waals surface area contributed by atoms with Gasteiger partial charge in [0.15, 0.2) is 0 Å². The highest BCUT2D eigenvalue weighted by Gasteiger charge is 2.09. The van der Waals surface area contributed by atoms with Gasteiger partial charge in [-0.1, -0.05) is 6.07 Å². The number of anilines is 4. The number of carbonyl (C=O) groups is 2. The van der Waals surface area contributed by atoms with Crippen molar-refractivity contribution in [3.63, 3.8) is 0 Å². The lowest BCUT2D eigenvalue weighted by Gasteiger charge is -2.08. The Hall–Kier alpha value is -4.25. The molecule has 3 rings (SSSR count). The van der Waals surface area contributed by atoms with E-state index in [0.29, 0.717) is 22.8 Å². The van der Waals surface area contributed by atoms with Crippen LogP contribution in [0.2, 0.25) is 0 Å². The van der Waals surface area contributed by atoms with Crippen LogP contribution in [0.25, 0.3) is 0 Å². The number of amides is 2. The molecule has 0 saturated carbocycles. The average Bonchev–Trinajstić information content (AvgIpc) is 2.70. The number of rotatable bonds is 5. The van der Waals surface area contributed by atoms with Crippen LogP contribution in [0.3, 0.4) is 0 Å². The van der Waals surface area contributed by atoms with Gasteiger partial charge >= 0.3 is 0 Å². The van der Waals surface area contributed by atoms with Gasteiger partial charge in [-0.15, -0.1) is 0 Å². The smallest absolute Gasteiger partial charge is 0.275 e. The maximum absolute atomic E-state index is 12.3. The zero-order valence-electron chi connectivity index (χ0n) is 14.9. The molecule has 0 spiro atoms. The van der Waals surface area contributed by atoms with Crippen LogP contribution in [0.15, 0.2) is 60.9 Å². The number of benzene rings is 2. The van der Waals surface area contributed by atoms with Gasteiger partial charge in [-0.3, -0.25) is 9.59 Å². The first-order valence-electron chi connectivity index (χ1n) is 8.32. The van der Waals surface area contributed by atoms with E-state index in [1.165, 1.54) is 19.3 Å². The van der Waals surface area contributed by atoms with Gasteiger partial charge in [0.25, 0.3) is 5.91 Å². The minimum absolute atomic E-state index is 0.139. The lowest BCUT2D eigenvalue weighted by atomic mass is 10.2. The van der Waals surface area contributed by atoms with E-state index >= 15 is 0 Å². The molecule has 0 unspecified atom stereocenters. The Morgan fingerprint density at radius 3 is 2.32 bits per heavy atom. The first-order chi connectivity index (χ1) is 13.5. The number of carbonyl (C=O) groups excluding carboxylic acids is 2. The van der Waals surface area contributed by atoms with E-state index in [4.69, 9.17) is 5.26 Å². The number of hydrogen-bond acceptors (Lipinski definition) is 6. The molecule has 3 aromatic rings. The van der Waals surface area contributed by atoms with Gasteiger partial charge in [-0.25, -0.2) is 9.97 Å². The number of nitrogens with one attached hydrogen (secondary N) is 3. The number of hydrogen-bond donors (Lipinski definition) is 3. The fourth-order valence-corrected chi connectivity index (χ4v) is 2.36. The van der Waals surface area contributed by atoms with Crippen LogP contribution in [0.5, 0.6) is 0 Å². The average molecular weight is 372 g/mol. The summed E-state index contributed by atoms with van der Waals surface area (Å²) in [4.78, 5) is 31.6. The molecule has 0 aliphatic heterocycles. The second kappa shape index (κ2) is 8.42. The van der Waals surface area contributed by atoms with E-state index in [1.807, 2.05) is 6.07 Å². The van der Waals surface area contributed by atoms with E-state index in [9.17, 15) is 9.59 Å². The molecular weight excluding hydrogens is 356 g/mol. The Morgan fingerprint density at radius 2 is 1.68 bits per heavy atom. The van der Waals surface area contributed by atoms with Crippen molar-refractivity contribution in [2.24, 2.45) is 0 Å². The lowest BCUT2D eigenvalue weighted by Crippen LogP contribution is -2.14. The molecule has 2 amide bonds. The molecule has 1 heterocycles. The minimum atomic E-state index is -0.422. The minimum Gasteiger partial charge on any atom is -0.339 e. The number of nitrogens with zero attached hydrogens (tertiary/aromatic N) is 3. The molecule has 0 saturated heterocycles. The molecule has 8 heteroatoms. The molecule has 0 aliphatic carbocycles. The maximum Gasteiger partial charge on any atom is 0.275 e. The van der Waals surface area contributed by atoms with E-state index in [-0.39, 0.29) is 11.6 Å². The van der Waals surface area contributed by atoms with Crippen molar-refractivity contribution in [1.82, 2.24) is 9.97 Å². The molecule has 8 nitrogen and oxygen atoms in total. The number of nitriles is 1. The first-order valence-corrected chi connectivity index (χ1v) is 8.32. The Labute approximate surface area is 161 Å². The van der Waals surface area contributed by atoms with Crippen LogP contribution < -0.4 is 16.0 Å². The van der Waals surface area contributed by atoms with Gasteiger partial charge in [-0.05, 0) is 42.5 Å². The summed E-state index contributed by atoms with van der Waals surface area (Å²) in [5.74, 6) is -0.0936. The van der Waals surface area contributed by atoms with Crippen LogP contribution in [-0.2, 0) is 4.79 Å². The van der Waals surface area contributed by atoms with E-state index in [2.05, 4.69) is 25.9 Å². The number of aromatic nitrogens is 2. The molecule has 3 N–H and O–H groups in total. The van der Waals surface area contributed by atoms with Gasteiger partial charge in [0.05, 0.1) is 24.0 Å². The highest BCUT2D eigenvalue weighted by Crippen LogP contribution is 2.17. The predicted molar refractivity (Wildman–Crippen MR) is 105 cm³/mol. The summed E-state index contributed by atoms with van der Waals surface area (Å²) in [6.45, 7) is 1.44. The van der Waals surface area contributed by atoms with Crippen molar-refractivity contribution in [1.29, 1.82) is 5.26 Å². The molecule has 1 aromatic heterocycles. The second-order valence-electron chi connectivity index (χ2n) is 5.82. The normalized spacial score (nSPS) is 9.86. The van der Waals surface area contributed by atoms with Crippen molar-refractivity contribution >= 4 is 34.7 Å². The van der Waals surface area contributed by atoms with Gasteiger partial charge in [-0.2, -0.15) is 5.26 Å². The highest BCUT2D eigenvalue weighted by molar-refractivity contribution is 6.02. The predicted octanol–water partition coefficient (Wildman–Crippen LogP) is 3.30. The van der Waals surface area contributed by atoms with Gasteiger partial charge in [0, 0.05) is 24.0 Å². The summed E-state index contributed by atoms with van der Waals surface area (Å²) in [6, 6.07) is 15.7. The fraction of sp³-hybridized carbons (Fsp3) is 0.0500. The summed E-state index contributed by atoms with van der Waals surface area (Å²) < 4.78 is 0. The van der Waals surface area contributed by atoms with E-state index in [0.717, 1.165) is 5.69 Å². The molecule has 2 aromatic carbocycles. The SMILES string of the molecule is CC(=O)Nc1ccc(Nc2cnc(C(=O)Nc3cccc(C#N)c3)cn2)cc1. The Bertz CT molecular complexity index is 1040. The zero-order chi connectivity index (χ0) is 19.9. The van der Waals surface area contributed by atoms with Crippen LogP contribution in [0.1, 0.15) is 23.0 Å². The third-order valence-electron chi connectivity index (χ3n) is 3.61. The van der Waals surface area contributed by atoms with E-state index in [1.54, 1.807) is 48.5 Å². The van der Waals surface area contributed by atoms with Crippen molar-refractivity contribution in [2.45, 2.75) is 6.92 Å². The molecule has 138 valence electrons. The largest absolute Gasteiger partial charge is 0.339 e. The molecule has 0 radical (unpaired) electrons. The zero-order valence-corrected chi connectivity index (χ0v) is 14.9. The summed E-state index contributed by atoms with van der Waals surface area (Å²) in [6.07, 6.45) is 2.81. The lowest BCUT2D eigenvalue weighted by molar-refractivity contribution is -0.114. The van der Waals surface area contributed by atoms with Crippen molar-refractivity contribution in [3.8, 4) is 6.07 Å². The van der Waals surface area contributed by atoms with E-state index < -0.39 is 5.91 Å². The highest BCUT2D eigenvalue weighted by atomic mass is 16.2. The third kappa shape index (κ3) is 4.89. The van der Waals surface area contributed by atoms with Crippen LogP contribution in [-0.4, -0.2) is 21.8 Å². The molecule has 28 heavy (non-hydrogen) atoms. The second-order valence-corrected chi connectivity index (χ2v) is 5.82. The molecule has 0 aliphatic rings. The Morgan fingerprint density at radius 1 is 0.929 bits per heavy atom. The Balaban J connectivity index is 1.63. The van der Waals surface area contributed by atoms with Crippen molar-refractivity contribution in [3.05, 3.63) is 72.2 Å². The monoisotopic (exact) mass is 372 g/mol. The van der Waals surface area contributed by atoms with Crippen LogP contribution in [0.4, 0.5) is 22.9 Å². The molecule has 0 atom stereocenters. The molecule has 0 fully saturated rings. The standard InChI is InChI=1S/C20H16N6O2/c1-13(27)24-15-5-7-16(8-6-15)25-19-12-22-18(11-23-19)20(28)26-17-4-2-3-14(9-17)10-21/h2-9,11-12H,1H3,(H,23,25)(H,24,27)(H,26,28). The summed E-state index contributed by atoms with van der Waals surface area (Å²) in [5, 5.41) is 17.3. The van der Waals surface area contributed by atoms with Crippen LogP contribution >= 0.6 is 0 Å². The molecule has 0 bridgehead atoms. The first kappa shape index (κ1) is 18.5. The summed E-state index contributed by atoms with van der Waals surface area (Å²) in [5.41, 5.74) is 2.56. The van der Waals surface area contributed by atoms with Crippen molar-refractivity contribution in [2.75, 3.05) is 16.0 Å². The van der Waals surface area contributed by atoms with Crippen LogP contribution in [0, 0.1) is 11.3 Å². The quantitative estimate of drug-likeness (QED) is 0.632. The van der Waals surface area contributed by atoms with Crippen molar-refractivity contribution < 1.29 is 9.59 Å². The van der Waals surface area contributed by atoms with Gasteiger partial charge < -0.3 is 16.0 Å². The van der Waals surface area contributed by atoms with Gasteiger partial charge in [0.2, 0.25) is 5.91 Å². The maximum atomic E-state index is 12.3. The topological polar surface area (TPSA) is 120 Å². The summed E-state index contributed by atoms with van der Waals surface area (Å²) >= 11 is 0.